The van der Waals surface area contributed by atoms with E-state index in [9.17, 15) is 18.8 Å². The summed E-state index contributed by atoms with van der Waals surface area (Å²) >= 11 is 2.52. The minimum absolute atomic E-state index is 0.123. The third kappa shape index (κ3) is 3.31. The van der Waals surface area contributed by atoms with Crippen LogP contribution < -0.4 is 5.06 Å². The van der Waals surface area contributed by atoms with Crippen LogP contribution in [0, 0.1) is 11.6 Å². The molecule has 0 unspecified atom stereocenters. The fourth-order valence-electron chi connectivity index (χ4n) is 2.49. The monoisotopic (exact) mass is 369 g/mol. The van der Waals surface area contributed by atoms with Crippen molar-refractivity contribution in [2.45, 2.75) is 12.2 Å². The summed E-state index contributed by atoms with van der Waals surface area (Å²) in [5, 5.41) is 22.7. The molecule has 0 aliphatic carbocycles. The van der Waals surface area contributed by atoms with Crippen LogP contribution in [0.3, 0.4) is 0 Å². The number of carbonyl (C=O) groups is 1. The van der Waals surface area contributed by atoms with Crippen LogP contribution in [0.1, 0.15) is 17.5 Å². The second-order valence-corrected chi connectivity index (χ2v) is 7.14. The van der Waals surface area contributed by atoms with E-state index < -0.39 is 17.6 Å². The molecule has 0 radical (unpaired) electrons. The van der Waals surface area contributed by atoms with Crippen LogP contribution in [-0.4, -0.2) is 22.8 Å². The normalized spacial score (nSPS) is 14.0. The summed E-state index contributed by atoms with van der Waals surface area (Å²) in [6.45, 7) is 0.123. The first-order chi connectivity index (χ1) is 11.5. The Hall–Kier alpha value is -1.90. The predicted molar refractivity (Wildman–Crippen MR) is 90.3 cm³/mol. The first-order valence-corrected chi connectivity index (χ1v) is 8.87. The molecule has 0 amide bonds. The minimum Gasteiger partial charge on any atom is -0.481 e. The number of halogens is 2. The van der Waals surface area contributed by atoms with Crippen molar-refractivity contribution in [3.8, 4) is 0 Å². The molecule has 0 bridgehead atoms. The van der Waals surface area contributed by atoms with Crippen LogP contribution >= 0.6 is 23.1 Å². The molecule has 1 aliphatic rings. The van der Waals surface area contributed by atoms with Crippen molar-refractivity contribution >= 4 is 39.6 Å². The third-order valence-corrected chi connectivity index (χ3v) is 5.70. The largest absolute Gasteiger partial charge is 0.481 e. The molecule has 0 fully saturated rings. The van der Waals surface area contributed by atoms with Crippen LogP contribution in [0.4, 0.5) is 13.8 Å². The molecule has 1 aromatic heterocycles. The molecule has 2 heterocycles. The lowest BCUT2D eigenvalue weighted by atomic mass is 10.0. The van der Waals surface area contributed by atoms with E-state index in [1.807, 2.05) is 0 Å². The quantitative estimate of drug-likeness (QED) is 0.820. The van der Waals surface area contributed by atoms with Crippen LogP contribution in [0.15, 0.2) is 34.6 Å². The van der Waals surface area contributed by atoms with Crippen molar-refractivity contribution in [3.05, 3.63) is 57.3 Å². The van der Waals surface area contributed by atoms with Gasteiger partial charge in [-0.25, -0.2) is 13.8 Å². The lowest BCUT2D eigenvalue weighted by Crippen LogP contribution is -2.25. The van der Waals surface area contributed by atoms with Gasteiger partial charge in [0.25, 0.3) is 0 Å². The zero-order chi connectivity index (χ0) is 17.3. The van der Waals surface area contributed by atoms with Gasteiger partial charge in [-0.3, -0.25) is 10.0 Å². The van der Waals surface area contributed by atoms with E-state index in [2.05, 4.69) is 0 Å². The Bertz CT molecular complexity index is 819. The highest BCUT2D eigenvalue weighted by atomic mass is 32.2. The van der Waals surface area contributed by atoms with Crippen molar-refractivity contribution in [1.82, 2.24) is 0 Å². The Kier molecular flexibility index (Phi) is 4.88. The summed E-state index contributed by atoms with van der Waals surface area (Å²) in [4.78, 5) is 11.8. The standard InChI is InChI=1S/C16H13F2NO3S2/c17-12-3-1-2-9(15(12)18)8-24-13-7-19(22)16-10(4-5-23-16)11(13)6-14(20)21/h1-5,22H,6-8H2,(H,20,21). The molecule has 3 rings (SSSR count). The summed E-state index contributed by atoms with van der Waals surface area (Å²) in [5.74, 6) is -2.66. The number of anilines is 1. The zero-order valence-electron chi connectivity index (χ0n) is 12.3. The van der Waals surface area contributed by atoms with Gasteiger partial charge in [0, 0.05) is 21.8 Å². The molecule has 126 valence electrons. The number of thioether (sulfide) groups is 1. The maximum atomic E-state index is 13.8. The second-order valence-electron chi connectivity index (χ2n) is 5.17. The lowest BCUT2D eigenvalue weighted by Gasteiger charge is -2.26. The van der Waals surface area contributed by atoms with Gasteiger partial charge in [-0.2, -0.15) is 0 Å². The highest BCUT2D eigenvalue weighted by molar-refractivity contribution is 8.02. The maximum absolute atomic E-state index is 13.8. The number of hydroxylamine groups is 1. The molecule has 4 nitrogen and oxygen atoms in total. The number of rotatable bonds is 5. The Labute approximate surface area is 145 Å². The summed E-state index contributed by atoms with van der Waals surface area (Å²) < 4.78 is 27.1. The van der Waals surface area contributed by atoms with E-state index in [-0.39, 0.29) is 24.3 Å². The van der Waals surface area contributed by atoms with Gasteiger partial charge >= 0.3 is 5.97 Å². The molecule has 2 N–H and O–H groups in total. The summed E-state index contributed by atoms with van der Waals surface area (Å²) in [5.41, 5.74) is 1.46. The second kappa shape index (κ2) is 6.92. The van der Waals surface area contributed by atoms with E-state index in [0.29, 0.717) is 21.0 Å². The number of fused-ring (bicyclic) bond motifs is 1. The van der Waals surface area contributed by atoms with Crippen molar-refractivity contribution in [2.75, 3.05) is 11.6 Å². The molecule has 1 aromatic carbocycles. The van der Waals surface area contributed by atoms with Gasteiger partial charge in [-0.05, 0) is 23.1 Å². The Morgan fingerprint density at radius 2 is 2.12 bits per heavy atom. The van der Waals surface area contributed by atoms with Gasteiger partial charge in [0.2, 0.25) is 0 Å². The number of hydrogen-bond donors (Lipinski definition) is 2. The average Bonchev–Trinajstić information content (AvgIpc) is 3.02. The zero-order valence-corrected chi connectivity index (χ0v) is 14.0. The molecule has 0 saturated heterocycles. The van der Waals surface area contributed by atoms with Crippen LogP contribution in [0.5, 0.6) is 0 Å². The molecule has 0 atom stereocenters. The Morgan fingerprint density at radius 1 is 1.33 bits per heavy atom. The van der Waals surface area contributed by atoms with Crippen molar-refractivity contribution in [3.63, 3.8) is 0 Å². The Balaban J connectivity index is 1.91. The van der Waals surface area contributed by atoms with Gasteiger partial charge < -0.3 is 5.11 Å². The first kappa shape index (κ1) is 16.9. The van der Waals surface area contributed by atoms with E-state index in [4.69, 9.17) is 5.11 Å². The van der Waals surface area contributed by atoms with Crippen molar-refractivity contribution in [2.24, 2.45) is 0 Å². The van der Waals surface area contributed by atoms with Crippen LogP contribution in [-0.2, 0) is 10.5 Å². The summed E-state index contributed by atoms with van der Waals surface area (Å²) in [6.07, 6.45) is -0.189. The van der Waals surface area contributed by atoms with E-state index in [0.717, 1.165) is 11.1 Å². The summed E-state index contributed by atoms with van der Waals surface area (Å²) in [7, 11) is 0. The highest BCUT2D eigenvalue weighted by Gasteiger charge is 2.26. The molecule has 0 saturated carbocycles. The molecule has 0 spiro atoms. The number of thiophene rings is 1. The number of nitrogens with zero attached hydrogens (tertiary/aromatic N) is 1. The van der Waals surface area contributed by atoms with E-state index in [1.54, 1.807) is 11.4 Å². The first-order valence-electron chi connectivity index (χ1n) is 7.01. The van der Waals surface area contributed by atoms with Crippen molar-refractivity contribution < 1.29 is 23.9 Å². The molecule has 2 aromatic rings. The predicted octanol–water partition coefficient (Wildman–Crippen LogP) is 4.35. The maximum Gasteiger partial charge on any atom is 0.307 e. The molecular formula is C16H13F2NO3S2. The van der Waals surface area contributed by atoms with Gasteiger partial charge in [0.1, 0.15) is 5.00 Å². The van der Waals surface area contributed by atoms with Gasteiger partial charge in [-0.1, -0.05) is 12.1 Å². The lowest BCUT2D eigenvalue weighted by molar-refractivity contribution is -0.135. The number of carboxylic acid groups (broad SMARTS) is 1. The number of benzene rings is 1. The molecule has 1 aliphatic heterocycles. The molecule has 24 heavy (non-hydrogen) atoms. The third-order valence-electron chi connectivity index (χ3n) is 3.60. The van der Waals surface area contributed by atoms with E-state index >= 15 is 0 Å². The van der Waals surface area contributed by atoms with Gasteiger partial charge in [0.15, 0.2) is 11.6 Å². The average molecular weight is 369 g/mol. The number of carboxylic acids is 1. The highest BCUT2D eigenvalue weighted by Crippen LogP contribution is 2.43. The Morgan fingerprint density at radius 3 is 2.88 bits per heavy atom. The van der Waals surface area contributed by atoms with Gasteiger partial charge in [0.05, 0.1) is 13.0 Å². The number of aliphatic carboxylic acids is 1. The smallest absolute Gasteiger partial charge is 0.307 e. The fourth-order valence-corrected chi connectivity index (χ4v) is 4.45. The van der Waals surface area contributed by atoms with E-state index in [1.165, 1.54) is 35.2 Å². The van der Waals surface area contributed by atoms with Crippen LogP contribution in [0.25, 0.3) is 5.57 Å². The molecular weight excluding hydrogens is 356 g/mol. The topological polar surface area (TPSA) is 60.8 Å². The fraction of sp³-hybridized carbons (Fsp3) is 0.188. The van der Waals surface area contributed by atoms with Crippen molar-refractivity contribution in [1.29, 1.82) is 0 Å². The van der Waals surface area contributed by atoms with Crippen LogP contribution in [0.2, 0.25) is 0 Å². The number of hydrogen-bond acceptors (Lipinski definition) is 5. The SMILES string of the molecule is O=C(O)CC1=C(SCc2cccc(F)c2F)CN(O)c2sccc21. The molecule has 8 heteroatoms. The summed E-state index contributed by atoms with van der Waals surface area (Å²) in [6, 6.07) is 5.71. The van der Waals surface area contributed by atoms with Gasteiger partial charge in [-0.15, -0.1) is 23.1 Å². The minimum atomic E-state index is -0.983.